The normalized spacial score (nSPS) is 10.7. The molecule has 0 aliphatic rings. The van der Waals surface area contributed by atoms with E-state index in [9.17, 15) is 4.79 Å². The predicted octanol–water partition coefficient (Wildman–Crippen LogP) is 4.53. The molecule has 3 aromatic rings. The summed E-state index contributed by atoms with van der Waals surface area (Å²) in [6, 6.07) is 14.5. The van der Waals surface area contributed by atoms with E-state index in [0.29, 0.717) is 20.7 Å². The summed E-state index contributed by atoms with van der Waals surface area (Å²) in [7, 11) is 0. The lowest BCUT2D eigenvalue weighted by molar-refractivity contribution is 0.103. The number of rotatable bonds is 4. The van der Waals surface area contributed by atoms with Crippen LogP contribution in [0.4, 0.5) is 0 Å². The zero-order valence-electron chi connectivity index (χ0n) is 12.3. The number of hydrogen-bond acceptors (Lipinski definition) is 3. The van der Waals surface area contributed by atoms with Gasteiger partial charge in [-0.3, -0.25) is 4.79 Å². The summed E-state index contributed by atoms with van der Waals surface area (Å²) in [4.78, 5) is 12.9. The van der Waals surface area contributed by atoms with Gasteiger partial charge in [0.25, 0.3) is 0 Å². The third kappa shape index (κ3) is 3.16. The molecule has 0 atom stereocenters. The number of halogens is 2. The molecule has 2 aromatic carbocycles. The summed E-state index contributed by atoms with van der Waals surface area (Å²) in [5.74, 6) is -0.0660. The zero-order chi connectivity index (χ0) is 16.4. The monoisotopic (exact) mass is 437 g/mol. The minimum Gasteiger partial charge on any atom is -0.289 e. The highest BCUT2D eigenvalue weighted by atomic mass is 127. The molecule has 0 aliphatic carbocycles. The first-order valence-corrected chi connectivity index (χ1v) is 8.88. The van der Waals surface area contributed by atoms with Gasteiger partial charge >= 0.3 is 0 Å². The van der Waals surface area contributed by atoms with Gasteiger partial charge in [0, 0.05) is 21.7 Å². The van der Waals surface area contributed by atoms with Crippen molar-refractivity contribution in [2.24, 2.45) is 0 Å². The summed E-state index contributed by atoms with van der Waals surface area (Å²) < 4.78 is 2.43. The minimum atomic E-state index is -0.0660. The topological polar surface area (TPSA) is 47.8 Å². The van der Waals surface area contributed by atoms with Gasteiger partial charge in [0.2, 0.25) is 0 Å². The Morgan fingerprint density at radius 1 is 1.22 bits per heavy atom. The molecule has 0 saturated carbocycles. The fourth-order valence-electron chi connectivity index (χ4n) is 2.47. The summed E-state index contributed by atoms with van der Waals surface area (Å²) in [5, 5.41) is 8.77. The SMILES string of the molecule is Cc1nnn(CI)c1-c1ccc(Cl)cc1C(=O)c1ccccc1. The summed E-state index contributed by atoms with van der Waals surface area (Å²) in [5.41, 5.74) is 3.60. The van der Waals surface area contributed by atoms with Crippen LogP contribution >= 0.6 is 34.2 Å². The molecule has 0 spiro atoms. The van der Waals surface area contributed by atoms with Crippen LogP contribution in [0.1, 0.15) is 21.6 Å². The van der Waals surface area contributed by atoms with Crippen LogP contribution in [-0.4, -0.2) is 20.8 Å². The highest BCUT2D eigenvalue weighted by Gasteiger charge is 2.20. The van der Waals surface area contributed by atoms with Crippen LogP contribution in [0.5, 0.6) is 0 Å². The first kappa shape index (κ1) is 16.1. The maximum Gasteiger partial charge on any atom is 0.193 e. The maximum atomic E-state index is 12.9. The molecular weight excluding hydrogens is 425 g/mol. The molecule has 0 bridgehead atoms. The van der Waals surface area contributed by atoms with E-state index in [1.807, 2.05) is 31.2 Å². The Bertz CT molecular complexity index is 862. The van der Waals surface area contributed by atoms with E-state index in [1.165, 1.54) is 0 Å². The van der Waals surface area contributed by atoms with Gasteiger partial charge in [-0.15, -0.1) is 5.10 Å². The average Bonchev–Trinajstić information content (AvgIpc) is 2.95. The fraction of sp³-hybridized carbons (Fsp3) is 0.118. The molecule has 6 heteroatoms. The first-order valence-electron chi connectivity index (χ1n) is 6.97. The average molecular weight is 438 g/mol. The van der Waals surface area contributed by atoms with Gasteiger partial charge in [0.15, 0.2) is 5.78 Å². The summed E-state index contributed by atoms with van der Waals surface area (Å²) >= 11 is 8.35. The molecule has 4 nitrogen and oxygen atoms in total. The molecule has 116 valence electrons. The minimum absolute atomic E-state index is 0.0660. The smallest absolute Gasteiger partial charge is 0.193 e. The van der Waals surface area contributed by atoms with Gasteiger partial charge in [-0.2, -0.15) is 0 Å². The maximum absolute atomic E-state index is 12.9. The van der Waals surface area contributed by atoms with Crippen molar-refractivity contribution in [3.63, 3.8) is 0 Å². The number of benzene rings is 2. The van der Waals surface area contributed by atoms with E-state index in [1.54, 1.807) is 28.9 Å². The predicted molar refractivity (Wildman–Crippen MR) is 99.1 cm³/mol. The second-order valence-corrected chi connectivity index (χ2v) is 6.15. The molecule has 0 aliphatic heterocycles. The van der Waals surface area contributed by atoms with Crippen molar-refractivity contribution in [2.45, 2.75) is 11.5 Å². The van der Waals surface area contributed by atoms with Crippen molar-refractivity contribution in [2.75, 3.05) is 0 Å². The van der Waals surface area contributed by atoms with Gasteiger partial charge in [0.1, 0.15) is 0 Å². The number of carbonyl (C=O) groups is 1. The van der Waals surface area contributed by atoms with Crippen LogP contribution in [0, 0.1) is 6.92 Å². The van der Waals surface area contributed by atoms with Gasteiger partial charge in [-0.1, -0.05) is 75.8 Å². The highest BCUT2D eigenvalue weighted by molar-refractivity contribution is 14.1. The van der Waals surface area contributed by atoms with Crippen molar-refractivity contribution in [1.29, 1.82) is 0 Å². The van der Waals surface area contributed by atoms with E-state index in [4.69, 9.17) is 11.6 Å². The van der Waals surface area contributed by atoms with E-state index in [-0.39, 0.29) is 5.78 Å². The number of nitrogens with zero attached hydrogens (tertiary/aromatic N) is 3. The Labute approximate surface area is 152 Å². The van der Waals surface area contributed by atoms with Gasteiger partial charge < -0.3 is 0 Å². The zero-order valence-corrected chi connectivity index (χ0v) is 15.2. The third-order valence-electron chi connectivity index (χ3n) is 3.53. The van der Waals surface area contributed by atoms with E-state index in [0.717, 1.165) is 17.0 Å². The Balaban J connectivity index is 2.20. The molecule has 0 fully saturated rings. The highest BCUT2D eigenvalue weighted by Crippen LogP contribution is 2.30. The molecule has 0 unspecified atom stereocenters. The molecule has 0 radical (unpaired) electrons. The van der Waals surface area contributed by atoms with Crippen LogP contribution in [0.15, 0.2) is 48.5 Å². The Hall–Kier alpha value is -1.73. The number of ketones is 1. The second kappa shape index (κ2) is 6.80. The molecule has 0 saturated heterocycles. The Morgan fingerprint density at radius 2 is 1.96 bits per heavy atom. The number of hydrogen-bond donors (Lipinski definition) is 0. The first-order chi connectivity index (χ1) is 11.1. The second-order valence-electron chi connectivity index (χ2n) is 5.03. The molecule has 0 amide bonds. The molecule has 3 rings (SSSR count). The fourth-order valence-corrected chi connectivity index (χ4v) is 3.12. The Kier molecular flexibility index (Phi) is 4.77. The number of aromatic nitrogens is 3. The molecular formula is C17H13ClIN3O. The van der Waals surface area contributed by atoms with Crippen LogP contribution in [-0.2, 0) is 4.55 Å². The van der Waals surface area contributed by atoms with Crippen LogP contribution < -0.4 is 0 Å². The third-order valence-corrected chi connectivity index (χ3v) is 4.42. The van der Waals surface area contributed by atoms with Crippen molar-refractivity contribution in [3.8, 4) is 11.3 Å². The van der Waals surface area contributed by atoms with Crippen molar-refractivity contribution in [1.82, 2.24) is 15.0 Å². The standard InChI is InChI=1S/C17H13ClIN3O/c1-11-16(22(10-19)21-20-11)14-8-7-13(18)9-15(14)17(23)12-5-3-2-4-6-12/h2-9H,10H2,1H3. The molecule has 23 heavy (non-hydrogen) atoms. The lowest BCUT2D eigenvalue weighted by Crippen LogP contribution is -2.06. The van der Waals surface area contributed by atoms with Crippen LogP contribution in [0.3, 0.4) is 0 Å². The summed E-state index contributed by atoms with van der Waals surface area (Å²) in [6.07, 6.45) is 0. The molecule has 1 aromatic heterocycles. The van der Waals surface area contributed by atoms with Crippen LogP contribution in [0.2, 0.25) is 5.02 Å². The lowest BCUT2D eigenvalue weighted by atomic mass is 9.96. The van der Waals surface area contributed by atoms with Crippen molar-refractivity contribution in [3.05, 3.63) is 70.4 Å². The van der Waals surface area contributed by atoms with Gasteiger partial charge in [-0.05, 0) is 19.1 Å². The molecule has 0 N–H and O–H groups in total. The number of alkyl halides is 1. The van der Waals surface area contributed by atoms with E-state index < -0.39 is 0 Å². The van der Waals surface area contributed by atoms with Crippen molar-refractivity contribution < 1.29 is 4.79 Å². The largest absolute Gasteiger partial charge is 0.289 e. The van der Waals surface area contributed by atoms with Crippen LogP contribution in [0.25, 0.3) is 11.3 Å². The lowest BCUT2D eigenvalue weighted by Gasteiger charge is -2.11. The van der Waals surface area contributed by atoms with Gasteiger partial charge in [0.05, 0.1) is 15.9 Å². The Morgan fingerprint density at radius 3 is 2.65 bits per heavy atom. The quantitative estimate of drug-likeness (QED) is 0.342. The van der Waals surface area contributed by atoms with Gasteiger partial charge in [-0.25, -0.2) is 4.68 Å². The van der Waals surface area contributed by atoms with Crippen molar-refractivity contribution >= 4 is 40.0 Å². The molecule has 1 heterocycles. The number of carbonyl (C=O) groups excluding carboxylic acids is 1. The summed E-state index contributed by atoms with van der Waals surface area (Å²) in [6.45, 7) is 1.89. The van der Waals surface area contributed by atoms with E-state index >= 15 is 0 Å². The number of aryl methyl sites for hydroxylation is 1. The van der Waals surface area contributed by atoms with E-state index in [2.05, 4.69) is 32.9 Å².